The third-order valence-electron chi connectivity index (χ3n) is 5.74. The van der Waals surface area contributed by atoms with E-state index in [1.807, 2.05) is 6.07 Å². The molecule has 1 aromatic heterocycles. The van der Waals surface area contributed by atoms with E-state index in [9.17, 15) is 4.79 Å². The number of carbonyl (C=O) groups is 1. The lowest BCUT2D eigenvalue weighted by Gasteiger charge is -2.21. The average molecular weight is 426 g/mol. The Morgan fingerprint density at radius 2 is 1.77 bits per heavy atom. The van der Waals surface area contributed by atoms with Gasteiger partial charge in [0, 0.05) is 17.2 Å². The number of hydrogen-bond donors (Lipinski definition) is 2. The summed E-state index contributed by atoms with van der Waals surface area (Å²) in [6, 6.07) is 6.74. The summed E-state index contributed by atoms with van der Waals surface area (Å²) in [7, 11) is 0. The molecule has 0 spiro atoms. The lowest BCUT2D eigenvalue weighted by Crippen LogP contribution is -2.44. The van der Waals surface area contributed by atoms with E-state index < -0.39 is 0 Å². The Hall–Kier alpha value is -2.91. The molecule has 4 heterocycles. The Morgan fingerprint density at radius 1 is 1.03 bits per heavy atom. The monoisotopic (exact) mass is 426 g/mol. The maximum atomic E-state index is 12.7. The Bertz CT molecular complexity index is 992. The molecule has 0 bridgehead atoms. The van der Waals surface area contributed by atoms with Gasteiger partial charge >= 0.3 is 0 Å². The van der Waals surface area contributed by atoms with Crippen LogP contribution in [0.4, 0.5) is 5.95 Å². The van der Waals surface area contributed by atoms with E-state index in [4.69, 9.17) is 18.9 Å². The van der Waals surface area contributed by atoms with Gasteiger partial charge in [-0.1, -0.05) is 20.8 Å². The van der Waals surface area contributed by atoms with Crippen LogP contribution in [0.5, 0.6) is 11.5 Å². The van der Waals surface area contributed by atoms with Crippen LogP contribution in [0.1, 0.15) is 36.8 Å². The van der Waals surface area contributed by atoms with Crippen molar-refractivity contribution in [2.24, 2.45) is 0 Å². The molecule has 1 aromatic carbocycles. The number of rotatable bonds is 4. The van der Waals surface area contributed by atoms with Gasteiger partial charge in [-0.05, 0) is 24.3 Å². The Kier molecular flexibility index (Phi) is 4.94. The molecule has 3 aliphatic rings. The zero-order valence-electron chi connectivity index (χ0n) is 17.8. The normalized spacial score (nSPS) is 26.5. The summed E-state index contributed by atoms with van der Waals surface area (Å²) in [5.41, 5.74) is 1.40. The van der Waals surface area contributed by atoms with Crippen molar-refractivity contribution in [3.05, 3.63) is 41.7 Å². The number of fused-ring (bicyclic) bond motifs is 2. The number of anilines is 1. The maximum absolute atomic E-state index is 12.7. The van der Waals surface area contributed by atoms with Crippen LogP contribution in [0.25, 0.3) is 0 Å². The molecule has 0 radical (unpaired) electrons. The van der Waals surface area contributed by atoms with Gasteiger partial charge < -0.3 is 29.6 Å². The summed E-state index contributed by atoms with van der Waals surface area (Å²) in [5, 5.41) is 6.37. The molecule has 4 atom stereocenters. The molecule has 0 aliphatic carbocycles. The number of hydrogen-bond acceptors (Lipinski definition) is 8. The molecule has 3 aliphatic heterocycles. The highest BCUT2D eigenvalue weighted by Crippen LogP contribution is 2.33. The SMILES string of the molecule is CC(C)(C)c1ccnc(N[C@@H]2CO[C@@H]3[C@@H]2OC[C@@H]3NC(=O)c2ccc3c(c2)OCO3)n1. The van der Waals surface area contributed by atoms with E-state index >= 15 is 0 Å². The molecule has 9 heteroatoms. The van der Waals surface area contributed by atoms with Crippen LogP contribution < -0.4 is 20.1 Å². The standard InChI is InChI=1S/C22H26N4O5/c1-22(2,3)17-6-7-23-21(26-17)25-14-10-29-18-13(9-28-19(14)18)24-20(27)12-4-5-15-16(8-12)31-11-30-15/h4-8,13-14,18-19H,9-11H2,1-3H3,(H,24,27)(H,23,25,26)/t13-,14+,18-,19+/m0/s1. The lowest BCUT2D eigenvalue weighted by molar-refractivity contribution is 0.0652. The van der Waals surface area contributed by atoms with Crippen molar-refractivity contribution in [2.45, 2.75) is 50.5 Å². The molecule has 1 amide bonds. The molecule has 164 valence electrons. The minimum Gasteiger partial charge on any atom is -0.454 e. The number of nitrogens with one attached hydrogen (secondary N) is 2. The number of amides is 1. The third-order valence-corrected chi connectivity index (χ3v) is 5.74. The van der Waals surface area contributed by atoms with Crippen LogP contribution in [0, 0.1) is 0 Å². The Morgan fingerprint density at radius 3 is 2.58 bits per heavy atom. The average Bonchev–Trinajstić information content (AvgIpc) is 3.45. The summed E-state index contributed by atoms with van der Waals surface area (Å²) in [6.07, 6.45) is 1.33. The first-order valence-corrected chi connectivity index (χ1v) is 10.4. The molecule has 31 heavy (non-hydrogen) atoms. The second-order valence-corrected chi connectivity index (χ2v) is 9.01. The van der Waals surface area contributed by atoms with Crippen molar-refractivity contribution in [2.75, 3.05) is 25.3 Å². The van der Waals surface area contributed by atoms with Crippen molar-refractivity contribution in [1.29, 1.82) is 0 Å². The van der Waals surface area contributed by atoms with E-state index in [0.29, 0.717) is 36.2 Å². The van der Waals surface area contributed by atoms with E-state index in [-0.39, 0.29) is 42.4 Å². The first kappa shape index (κ1) is 20.0. The van der Waals surface area contributed by atoms with Gasteiger partial charge in [0.05, 0.1) is 31.0 Å². The van der Waals surface area contributed by atoms with Gasteiger partial charge in [0.1, 0.15) is 12.2 Å². The predicted molar refractivity (Wildman–Crippen MR) is 111 cm³/mol. The topological polar surface area (TPSA) is 104 Å². The lowest BCUT2D eigenvalue weighted by atomic mass is 9.92. The summed E-state index contributed by atoms with van der Waals surface area (Å²) in [5.74, 6) is 1.57. The molecule has 2 N–H and O–H groups in total. The molecule has 5 rings (SSSR count). The fourth-order valence-electron chi connectivity index (χ4n) is 4.05. The van der Waals surface area contributed by atoms with Crippen LogP contribution >= 0.6 is 0 Å². The van der Waals surface area contributed by atoms with Gasteiger partial charge in [-0.3, -0.25) is 4.79 Å². The summed E-state index contributed by atoms with van der Waals surface area (Å²) >= 11 is 0. The minimum absolute atomic E-state index is 0.0674. The van der Waals surface area contributed by atoms with Gasteiger partial charge in [-0.25, -0.2) is 9.97 Å². The van der Waals surface area contributed by atoms with Crippen LogP contribution in [-0.4, -0.2) is 60.2 Å². The van der Waals surface area contributed by atoms with E-state index in [0.717, 1.165) is 5.69 Å². The number of ether oxygens (including phenoxy) is 4. The number of nitrogens with zero attached hydrogens (tertiary/aromatic N) is 2. The van der Waals surface area contributed by atoms with Gasteiger partial charge in [0.2, 0.25) is 12.7 Å². The van der Waals surface area contributed by atoms with Gasteiger partial charge in [0.25, 0.3) is 5.91 Å². The minimum atomic E-state index is -0.239. The molecule has 0 saturated carbocycles. The zero-order valence-corrected chi connectivity index (χ0v) is 17.8. The van der Waals surface area contributed by atoms with Crippen molar-refractivity contribution in [1.82, 2.24) is 15.3 Å². The number of benzene rings is 1. The highest BCUT2D eigenvalue weighted by atomic mass is 16.7. The summed E-state index contributed by atoms with van der Waals surface area (Å²) in [4.78, 5) is 21.7. The molecule has 2 aromatic rings. The molecule has 9 nitrogen and oxygen atoms in total. The fourth-order valence-corrected chi connectivity index (χ4v) is 4.05. The van der Waals surface area contributed by atoms with Crippen LogP contribution in [-0.2, 0) is 14.9 Å². The number of carbonyl (C=O) groups excluding carboxylic acids is 1. The highest BCUT2D eigenvalue weighted by Gasteiger charge is 2.48. The van der Waals surface area contributed by atoms with Gasteiger partial charge in [-0.2, -0.15) is 0 Å². The summed E-state index contributed by atoms with van der Waals surface area (Å²) in [6.45, 7) is 7.34. The van der Waals surface area contributed by atoms with Crippen LogP contribution in [0.3, 0.4) is 0 Å². The van der Waals surface area contributed by atoms with Crippen molar-refractivity contribution in [3.63, 3.8) is 0 Å². The van der Waals surface area contributed by atoms with Crippen LogP contribution in [0.15, 0.2) is 30.5 Å². The zero-order chi connectivity index (χ0) is 21.6. The second kappa shape index (κ2) is 7.65. The molecular weight excluding hydrogens is 400 g/mol. The Balaban J connectivity index is 1.23. The second-order valence-electron chi connectivity index (χ2n) is 9.01. The van der Waals surface area contributed by atoms with E-state index in [1.54, 1.807) is 24.4 Å². The van der Waals surface area contributed by atoms with Crippen LogP contribution in [0.2, 0.25) is 0 Å². The van der Waals surface area contributed by atoms with Crippen molar-refractivity contribution in [3.8, 4) is 11.5 Å². The van der Waals surface area contributed by atoms with E-state index in [1.165, 1.54) is 0 Å². The first-order valence-electron chi connectivity index (χ1n) is 10.4. The summed E-state index contributed by atoms with van der Waals surface area (Å²) < 4.78 is 22.6. The molecular formula is C22H26N4O5. The highest BCUT2D eigenvalue weighted by molar-refractivity contribution is 5.95. The van der Waals surface area contributed by atoms with Crippen molar-refractivity contribution >= 4 is 11.9 Å². The van der Waals surface area contributed by atoms with Crippen molar-refractivity contribution < 1.29 is 23.7 Å². The maximum Gasteiger partial charge on any atom is 0.251 e. The fraction of sp³-hybridized carbons (Fsp3) is 0.500. The first-order chi connectivity index (χ1) is 14.9. The van der Waals surface area contributed by atoms with Gasteiger partial charge in [0.15, 0.2) is 11.5 Å². The smallest absolute Gasteiger partial charge is 0.251 e. The Labute approximate surface area is 180 Å². The molecule has 2 fully saturated rings. The van der Waals surface area contributed by atoms with E-state index in [2.05, 4.69) is 41.4 Å². The largest absolute Gasteiger partial charge is 0.454 e. The molecule has 0 unspecified atom stereocenters. The predicted octanol–water partition coefficient (Wildman–Crippen LogP) is 1.88. The quantitative estimate of drug-likeness (QED) is 0.764. The third kappa shape index (κ3) is 3.90. The molecule has 2 saturated heterocycles. The number of aromatic nitrogens is 2. The van der Waals surface area contributed by atoms with Gasteiger partial charge in [-0.15, -0.1) is 0 Å².